The van der Waals surface area contributed by atoms with Crippen LogP contribution in [0.25, 0.3) is 0 Å². The van der Waals surface area contributed by atoms with Crippen LogP contribution in [0.4, 0.5) is 0 Å². The maximum atomic E-state index is 12.2. The standard InChI is InChI=1S/C13H26N2O/c1-12-8-5-3-2-4-6-10-15(13(12)16)11-7-9-14/h12H,2-11,14H2,1H3/t12-/m1/s1. The number of amides is 1. The largest absolute Gasteiger partial charge is 0.342 e. The Kier molecular flexibility index (Phi) is 6.46. The fraction of sp³-hybridized carbons (Fsp3) is 0.923. The van der Waals surface area contributed by atoms with E-state index < -0.39 is 0 Å². The van der Waals surface area contributed by atoms with E-state index in [2.05, 4.69) is 6.92 Å². The molecule has 0 unspecified atom stereocenters. The molecule has 16 heavy (non-hydrogen) atoms. The number of hydrogen-bond acceptors (Lipinski definition) is 2. The summed E-state index contributed by atoms with van der Waals surface area (Å²) in [5, 5.41) is 0. The van der Waals surface area contributed by atoms with Gasteiger partial charge in [-0.05, 0) is 25.8 Å². The van der Waals surface area contributed by atoms with E-state index in [1.54, 1.807) is 0 Å². The van der Waals surface area contributed by atoms with Gasteiger partial charge in [-0.3, -0.25) is 4.79 Å². The molecule has 1 amide bonds. The van der Waals surface area contributed by atoms with E-state index in [0.717, 1.165) is 32.4 Å². The van der Waals surface area contributed by atoms with E-state index in [1.165, 1.54) is 25.7 Å². The van der Waals surface area contributed by atoms with E-state index >= 15 is 0 Å². The summed E-state index contributed by atoms with van der Waals surface area (Å²) < 4.78 is 0. The second-order valence-corrected chi connectivity index (χ2v) is 4.93. The van der Waals surface area contributed by atoms with E-state index in [9.17, 15) is 4.79 Å². The molecule has 0 aromatic carbocycles. The summed E-state index contributed by atoms with van der Waals surface area (Å²) in [5.74, 6) is 0.547. The minimum Gasteiger partial charge on any atom is -0.342 e. The maximum absolute atomic E-state index is 12.2. The van der Waals surface area contributed by atoms with E-state index in [-0.39, 0.29) is 5.92 Å². The Balaban J connectivity index is 2.49. The molecule has 1 rings (SSSR count). The fourth-order valence-corrected chi connectivity index (χ4v) is 2.33. The second-order valence-electron chi connectivity index (χ2n) is 4.93. The molecule has 3 nitrogen and oxygen atoms in total. The lowest BCUT2D eigenvalue weighted by Crippen LogP contribution is -2.37. The summed E-state index contributed by atoms with van der Waals surface area (Å²) in [4.78, 5) is 14.2. The molecule has 2 N–H and O–H groups in total. The van der Waals surface area contributed by atoms with Gasteiger partial charge in [0.25, 0.3) is 0 Å². The van der Waals surface area contributed by atoms with Crippen molar-refractivity contribution in [3.63, 3.8) is 0 Å². The maximum Gasteiger partial charge on any atom is 0.225 e. The van der Waals surface area contributed by atoms with Crippen LogP contribution in [-0.2, 0) is 4.79 Å². The average molecular weight is 226 g/mol. The van der Waals surface area contributed by atoms with E-state index in [0.29, 0.717) is 12.5 Å². The van der Waals surface area contributed by atoms with Gasteiger partial charge in [-0.15, -0.1) is 0 Å². The first-order valence-corrected chi connectivity index (χ1v) is 6.74. The second kappa shape index (κ2) is 7.66. The third-order valence-corrected chi connectivity index (χ3v) is 3.43. The minimum absolute atomic E-state index is 0.205. The number of rotatable bonds is 3. The van der Waals surface area contributed by atoms with Gasteiger partial charge < -0.3 is 10.6 Å². The molecule has 1 heterocycles. The number of carbonyl (C=O) groups is 1. The quantitative estimate of drug-likeness (QED) is 0.801. The van der Waals surface area contributed by atoms with Gasteiger partial charge in [0.15, 0.2) is 0 Å². The molecule has 1 atom stereocenters. The average Bonchev–Trinajstić information content (AvgIpc) is 2.30. The Bertz CT molecular complexity index is 206. The normalized spacial score (nSPS) is 24.5. The molecule has 1 aliphatic heterocycles. The zero-order valence-electron chi connectivity index (χ0n) is 10.6. The summed E-state index contributed by atoms with van der Waals surface area (Å²) in [6.07, 6.45) is 8.23. The Labute approximate surface area is 99.4 Å². The van der Waals surface area contributed by atoms with E-state index in [1.807, 2.05) is 4.90 Å². The van der Waals surface area contributed by atoms with Crippen molar-refractivity contribution in [2.24, 2.45) is 11.7 Å². The number of hydrogen-bond donors (Lipinski definition) is 1. The highest BCUT2D eigenvalue weighted by Crippen LogP contribution is 2.17. The molecule has 3 heteroatoms. The first-order valence-electron chi connectivity index (χ1n) is 6.74. The number of nitrogens with zero attached hydrogens (tertiary/aromatic N) is 1. The van der Waals surface area contributed by atoms with Gasteiger partial charge in [0, 0.05) is 19.0 Å². The predicted octanol–water partition coefficient (Wildman–Crippen LogP) is 2.15. The Morgan fingerprint density at radius 1 is 1.25 bits per heavy atom. The van der Waals surface area contributed by atoms with Crippen molar-refractivity contribution >= 4 is 5.91 Å². The zero-order valence-corrected chi connectivity index (χ0v) is 10.6. The van der Waals surface area contributed by atoms with Crippen molar-refractivity contribution < 1.29 is 4.79 Å². The molecule has 1 aliphatic rings. The summed E-state index contributed by atoms with van der Waals surface area (Å²) in [6, 6.07) is 0. The van der Waals surface area contributed by atoms with Crippen molar-refractivity contribution in [2.75, 3.05) is 19.6 Å². The molecular weight excluding hydrogens is 200 g/mol. The van der Waals surface area contributed by atoms with Crippen LogP contribution in [-0.4, -0.2) is 30.4 Å². The molecule has 1 fully saturated rings. The van der Waals surface area contributed by atoms with Crippen molar-refractivity contribution in [2.45, 2.75) is 51.9 Å². The van der Waals surface area contributed by atoms with Crippen LogP contribution in [0.2, 0.25) is 0 Å². The lowest BCUT2D eigenvalue weighted by Gasteiger charge is -2.26. The fourth-order valence-electron chi connectivity index (χ4n) is 2.33. The van der Waals surface area contributed by atoms with Crippen LogP contribution in [0.1, 0.15) is 51.9 Å². The van der Waals surface area contributed by atoms with Crippen LogP contribution in [0.3, 0.4) is 0 Å². The van der Waals surface area contributed by atoms with Gasteiger partial charge in [-0.2, -0.15) is 0 Å². The first kappa shape index (κ1) is 13.5. The molecule has 0 aliphatic carbocycles. The minimum atomic E-state index is 0.205. The van der Waals surface area contributed by atoms with Gasteiger partial charge in [-0.1, -0.05) is 32.6 Å². The summed E-state index contributed by atoms with van der Waals surface area (Å²) in [7, 11) is 0. The third kappa shape index (κ3) is 4.52. The van der Waals surface area contributed by atoms with Gasteiger partial charge in [-0.25, -0.2) is 0 Å². The van der Waals surface area contributed by atoms with Crippen molar-refractivity contribution in [1.29, 1.82) is 0 Å². The Morgan fingerprint density at radius 3 is 2.69 bits per heavy atom. The highest BCUT2D eigenvalue weighted by molar-refractivity contribution is 5.78. The lowest BCUT2D eigenvalue weighted by molar-refractivity contribution is -0.135. The predicted molar refractivity (Wildman–Crippen MR) is 67.1 cm³/mol. The SMILES string of the molecule is C[C@@H]1CCCCCCCN(CCCN)C1=O. The molecule has 0 bridgehead atoms. The molecule has 0 aromatic rings. The lowest BCUT2D eigenvalue weighted by atomic mass is 9.99. The van der Waals surface area contributed by atoms with Gasteiger partial charge in [0.05, 0.1) is 0 Å². The molecule has 0 saturated carbocycles. The van der Waals surface area contributed by atoms with Crippen LogP contribution >= 0.6 is 0 Å². The molecule has 0 radical (unpaired) electrons. The molecule has 0 aromatic heterocycles. The van der Waals surface area contributed by atoms with Crippen molar-refractivity contribution in [3.05, 3.63) is 0 Å². The molecule has 1 saturated heterocycles. The van der Waals surface area contributed by atoms with Crippen LogP contribution in [0.5, 0.6) is 0 Å². The molecule has 94 valence electrons. The van der Waals surface area contributed by atoms with Crippen LogP contribution < -0.4 is 5.73 Å². The highest BCUT2D eigenvalue weighted by atomic mass is 16.2. The van der Waals surface area contributed by atoms with Gasteiger partial charge >= 0.3 is 0 Å². The zero-order chi connectivity index (χ0) is 11.8. The highest BCUT2D eigenvalue weighted by Gasteiger charge is 2.20. The Morgan fingerprint density at radius 2 is 1.94 bits per heavy atom. The monoisotopic (exact) mass is 226 g/mol. The summed E-state index contributed by atoms with van der Waals surface area (Å²) in [5.41, 5.74) is 5.51. The van der Waals surface area contributed by atoms with E-state index in [4.69, 9.17) is 5.73 Å². The van der Waals surface area contributed by atoms with Crippen LogP contribution in [0.15, 0.2) is 0 Å². The molecule has 0 spiro atoms. The molecular formula is C13H26N2O. The summed E-state index contributed by atoms with van der Waals surface area (Å²) in [6.45, 7) is 4.53. The Hall–Kier alpha value is -0.570. The number of carbonyl (C=O) groups excluding carboxylic acids is 1. The topological polar surface area (TPSA) is 46.3 Å². The van der Waals surface area contributed by atoms with Crippen molar-refractivity contribution in [3.8, 4) is 0 Å². The smallest absolute Gasteiger partial charge is 0.225 e. The first-order chi connectivity index (χ1) is 7.75. The van der Waals surface area contributed by atoms with Crippen molar-refractivity contribution in [1.82, 2.24) is 4.90 Å². The van der Waals surface area contributed by atoms with Gasteiger partial charge in [0.1, 0.15) is 0 Å². The summed E-state index contributed by atoms with van der Waals surface area (Å²) >= 11 is 0. The van der Waals surface area contributed by atoms with Gasteiger partial charge in [0.2, 0.25) is 5.91 Å². The van der Waals surface area contributed by atoms with Crippen LogP contribution in [0, 0.1) is 5.92 Å². The number of nitrogens with two attached hydrogens (primary N) is 1. The third-order valence-electron chi connectivity index (χ3n) is 3.43.